The molecule has 0 aromatic heterocycles. The zero-order valence-corrected chi connectivity index (χ0v) is 3.63. The topological polar surface area (TPSA) is 17.1 Å². The summed E-state index contributed by atoms with van der Waals surface area (Å²) < 4.78 is 0. The molecule has 0 bridgehead atoms. The fourth-order valence-electron chi connectivity index (χ4n) is 0. The van der Waals surface area contributed by atoms with E-state index in [2.05, 4.69) is 12.2 Å². The van der Waals surface area contributed by atoms with E-state index in [4.69, 9.17) is 0 Å². The summed E-state index contributed by atoms with van der Waals surface area (Å²) in [6.07, 6.45) is 1.51. The second kappa shape index (κ2) is 2.03. The highest BCUT2D eigenvalue weighted by Gasteiger charge is 1.72. The molecule has 0 fully saturated rings. The molecule has 0 aliphatic carbocycles. The van der Waals surface area contributed by atoms with Gasteiger partial charge in [-0.2, -0.15) is 0 Å². The highest BCUT2D eigenvalue weighted by Crippen LogP contribution is 1.59. The maximum atomic E-state index is 9.24. The second-order valence-corrected chi connectivity index (χ2v) is 1.27. The fraction of sp³-hybridized carbons (Fsp3) is 0.333. The first kappa shape index (κ1) is 4.76. The van der Waals surface area contributed by atoms with E-state index < -0.39 is 0 Å². The van der Waals surface area contributed by atoms with Crippen LogP contribution in [-0.2, 0) is 4.79 Å². The fourth-order valence-corrected chi connectivity index (χ4v) is 0. The lowest BCUT2D eigenvalue weighted by molar-refractivity contribution is 0.567. The molecule has 0 spiro atoms. The van der Waals surface area contributed by atoms with Crippen molar-refractivity contribution in [2.24, 2.45) is 0 Å². The summed E-state index contributed by atoms with van der Waals surface area (Å²) in [5.74, 6) is 0. The lowest BCUT2D eigenvalue weighted by atomic mass is 10.6. The van der Waals surface area contributed by atoms with Gasteiger partial charge in [0.2, 0.25) is 6.29 Å². The van der Waals surface area contributed by atoms with Crippen LogP contribution in [0, 0.1) is 0 Å². The number of carbonyl (C=O) groups excluding carboxylic acids is 1. The van der Waals surface area contributed by atoms with Crippen molar-refractivity contribution in [3.8, 4) is 0 Å². The standard InChI is InChI=1S/C3H3OS/c1-3(5)2-4/h1H3. The van der Waals surface area contributed by atoms with Crippen molar-refractivity contribution in [2.75, 3.05) is 0 Å². The van der Waals surface area contributed by atoms with Gasteiger partial charge in [0.1, 0.15) is 0 Å². The third kappa shape index (κ3) is 3.76. The van der Waals surface area contributed by atoms with Gasteiger partial charge in [-0.05, 0) is 6.92 Å². The Hall–Kier alpha value is -0.240. The zero-order valence-electron chi connectivity index (χ0n) is 2.82. The molecule has 5 heavy (non-hydrogen) atoms. The van der Waals surface area contributed by atoms with E-state index in [-0.39, 0.29) is 4.86 Å². The number of rotatable bonds is 1. The largest absolute Gasteiger partial charge is 0.284 e. The molecule has 1 radical (unpaired) electrons. The first-order chi connectivity index (χ1) is 2.27. The van der Waals surface area contributed by atoms with Crippen LogP contribution in [0.1, 0.15) is 6.92 Å². The minimum Gasteiger partial charge on any atom is -0.284 e. The molecule has 0 aliphatic rings. The average Bonchev–Trinajstić information content (AvgIpc) is 1.38. The van der Waals surface area contributed by atoms with Crippen LogP contribution in [0.5, 0.6) is 0 Å². The Bertz CT molecular complexity index is 57.9. The van der Waals surface area contributed by atoms with Gasteiger partial charge in [-0.1, -0.05) is 12.2 Å². The normalized spacial score (nSPS) is 6.60. The van der Waals surface area contributed by atoms with E-state index in [1.165, 1.54) is 13.2 Å². The van der Waals surface area contributed by atoms with Crippen molar-refractivity contribution in [3.63, 3.8) is 0 Å². The van der Waals surface area contributed by atoms with Crippen molar-refractivity contribution in [3.05, 3.63) is 0 Å². The summed E-state index contributed by atoms with van der Waals surface area (Å²) in [6.45, 7) is 1.53. The van der Waals surface area contributed by atoms with Crippen molar-refractivity contribution in [1.82, 2.24) is 0 Å². The molecule has 0 amide bonds. The molecule has 0 atom stereocenters. The number of hydrogen-bond donors (Lipinski definition) is 0. The first-order valence-corrected chi connectivity index (χ1v) is 1.57. The Balaban J connectivity index is 3.20. The second-order valence-electron chi connectivity index (χ2n) is 0.658. The van der Waals surface area contributed by atoms with Crippen LogP contribution in [-0.4, -0.2) is 11.2 Å². The van der Waals surface area contributed by atoms with Gasteiger partial charge < -0.3 is 0 Å². The van der Waals surface area contributed by atoms with Gasteiger partial charge >= 0.3 is 0 Å². The van der Waals surface area contributed by atoms with Crippen LogP contribution in [0.15, 0.2) is 0 Å². The molecule has 0 rings (SSSR count). The van der Waals surface area contributed by atoms with Gasteiger partial charge in [0, 0.05) is 0 Å². The SMILES string of the molecule is CC(=S)[C]=O. The summed E-state index contributed by atoms with van der Waals surface area (Å²) in [5.41, 5.74) is 0. The van der Waals surface area contributed by atoms with Crippen LogP contribution >= 0.6 is 12.2 Å². The summed E-state index contributed by atoms with van der Waals surface area (Å²) in [7, 11) is 0. The molecule has 0 aliphatic heterocycles. The molecule has 2 heteroatoms. The van der Waals surface area contributed by atoms with Crippen LogP contribution in [0.4, 0.5) is 0 Å². The Morgan fingerprint density at radius 1 is 2.00 bits per heavy atom. The smallest absolute Gasteiger partial charge is 0.240 e. The molecule has 0 heterocycles. The lowest BCUT2D eigenvalue weighted by Crippen LogP contribution is -1.81. The van der Waals surface area contributed by atoms with Crippen LogP contribution in [0.25, 0.3) is 0 Å². The van der Waals surface area contributed by atoms with Crippen LogP contribution in [0.3, 0.4) is 0 Å². The average molecular weight is 87.1 g/mol. The molecular formula is C3H3OS. The Labute approximate surface area is 36.0 Å². The van der Waals surface area contributed by atoms with Gasteiger partial charge in [-0.3, -0.25) is 4.79 Å². The van der Waals surface area contributed by atoms with E-state index in [9.17, 15) is 4.79 Å². The van der Waals surface area contributed by atoms with E-state index in [1.54, 1.807) is 0 Å². The van der Waals surface area contributed by atoms with Gasteiger partial charge in [0.25, 0.3) is 0 Å². The van der Waals surface area contributed by atoms with Gasteiger partial charge in [-0.15, -0.1) is 0 Å². The van der Waals surface area contributed by atoms with E-state index in [1.807, 2.05) is 0 Å². The minimum absolute atomic E-state index is 0.282. The van der Waals surface area contributed by atoms with Crippen LogP contribution in [0.2, 0.25) is 0 Å². The number of thiocarbonyl (C=S) groups is 1. The van der Waals surface area contributed by atoms with Crippen LogP contribution < -0.4 is 0 Å². The Morgan fingerprint density at radius 2 is 2.20 bits per heavy atom. The lowest BCUT2D eigenvalue weighted by Gasteiger charge is -1.59. The molecule has 0 aromatic rings. The predicted molar refractivity (Wildman–Crippen MR) is 24.0 cm³/mol. The third-order valence-electron chi connectivity index (χ3n) is 0.144. The highest BCUT2D eigenvalue weighted by atomic mass is 32.1. The van der Waals surface area contributed by atoms with Gasteiger partial charge in [0.15, 0.2) is 0 Å². The Morgan fingerprint density at radius 3 is 2.20 bits per heavy atom. The molecule has 0 saturated heterocycles. The monoisotopic (exact) mass is 87.0 g/mol. The summed E-state index contributed by atoms with van der Waals surface area (Å²) in [4.78, 5) is 9.52. The van der Waals surface area contributed by atoms with E-state index in [0.29, 0.717) is 0 Å². The van der Waals surface area contributed by atoms with Crippen molar-refractivity contribution in [1.29, 1.82) is 0 Å². The van der Waals surface area contributed by atoms with Crippen molar-refractivity contribution in [2.45, 2.75) is 6.92 Å². The van der Waals surface area contributed by atoms with Crippen molar-refractivity contribution >= 4 is 23.4 Å². The third-order valence-corrected chi connectivity index (χ3v) is 0.227. The molecule has 0 aromatic carbocycles. The van der Waals surface area contributed by atoms with E-state index >= 15 is 0 Å². The zero-order chi connectivity index (χ0) is 4.28. The molecule has 0 unspecified atom stereocenters. The molecule has 0 N–H and O–H groups in total. The summed E-state index contributed by atoms with van der Waals surface area (Å²) in [5, 5.41) is 0. The van der Waals surface area contributed by atoms with E-state index in [0.717, 1.165) is 0 Å². The Kier molecular flexibility index (Phi) is 1.93. The minimum atomic E-state index is 0.282. The maximum Gasteiger partial charge on any atom is 0.240 e. The highest BCUT2D eigenvalue weighted by molar-refractivity contribution is 7.81. The first-order valence-electron chi connectivity index (χ1n) is 1.16. The predicted octanol–water partition coefficient (Wildman–Crippen LogP) is 0.486. The summed E-state index contributed by atoms with van der Waals surface area (Å²) in [6, 6.07) is 0. The quantitative estimate of drug-likeness (QED) is 0.433. The van der Waals surface area contributed by atoms with Gasteiger partial charge in [0.05, 0.1) is 4.86 Å². The summed E-state index contributed by atoms with van der Waals surface area (Å²) >= 11 is 4.27. The van der Waals surface area contributed by atoms with Gasteiger partial charge in [-0.25, -0.2) is 0 Å². The molecule has 1 nitrogen and oxygen atoms in total. The molecule has 0 saturated carbocycles. The molecule has 27 valence electrons. The number of hydrogen-bond acceptors (Lipinski definition) is 2. The molecular weight excluding hydrogens is 84.1 g/mol. The maximum absolute atomic E-state index is 9.24. The van der Waals surface area contributed by atoms with Crippen molar-refractivity contribution < 1.29 is 4.79 Å².